The first-order valence-electron chi connectivity index (χ1n) is 6.85. The van der Waals surface area contributed by atoms with Crippen LogP contribution in [-0.2, 0) is 4.79 Å². The van der Waals surface area contributed by atoms with Crippen molar-refractivity contribution >= 4 is 23.5 Å². The first-order chi connectivity index (χ1) is 10.4. The number of carboxylic acids is 1. The van der Waals surface area contributed by atoms with Gasteiger partial charge in [0.15, 0.2) is 0 Å². The van der Waals surface area contributed by atoms with E-state index >= 15 is 0 Å². The fraction of sp³-hybridized carbons (Fsp3) is 0.250. The number of nitrogens with one attached hydrogen (secondary N) is 1. The maximum Gasteiger partial charge on any atom is 0.305 e. The highest BCUT2D eigenvalue weighted by molar-refractivity contribution is 6.30. The number of hydrogen-bond acceptors (Lipinski definition) is 2. The molecule has 1 aromatic heterocycles. The molecule has 0 fully saturated rings. The lowest BCUT2D eigenvalue weighted by Crippen LogP contribution is -2.26. The van der Waals surface area contributed by atoms with Crippen LogP contribution in [0.4, 0.5) is 0 Å². The highest BCUT2D eigenvalue weighted by Gasteiger charge is 2.16. The second kappa shape index (κ2) is 6.66. The summed E-state index contributed by atoms with van der Waals surface area (Å²) in [7, 11) is 0. The van der Waals surface area contributed by atoms with E-state index in [1.807, 2.05) is 30.5 Å². The van der Waals surface area contributed by atoms with Crippen LogP contribution in [0.5, 0.6) is 0 Å². The van der Waals surface area contributed by atoms with Crippen LogP contribution in [0.25, 0.3) is 5.69 Å². The van der Waals surface area contributed by atoms with Gasteiger partial charge in [-0.1, -0.05) is 11.6 Å². The molecule has 0 aliphatic heterocycles. The van der Waals surface area contributed by atoms with Gasteiger partial charge in [0.2, 0.25) is 0 Å². The van der Waals surface area contributed by atoms with Crippen LogP contribution in [0.3, 0.4) is 0 Å². The molecule has 0 bridgehead atoms. The minimum atomic E-state index is -0.938. The van der Waals surface area contributed by atoms with E-state index in [0.717, 1.165) is 17.1 Å². The standard InChI is InChI=1S/C16H17ClN2O3/c1-10-9-14(16(22)18-8-7-15(20)21)11(2)19(10)13-5-3-12(17)4-6-13/h3-6,9H,7-8H2,1-2H3,(H,18,22)(H,20,21). The molecular formula is C16H17ClN2O3. The number of halogens is 1. The number of rotatable bonds is 5. The lowest BCUT2D eigenvalue weighted by atomic mass is 10.2. The van der Waals surface area contributed by atoms with E-state index in [4.69, 9.17) is 16.7 Å². The molecule has 0 aliphatic carbocycles. The molecule has 1 aromatic carbocycles. The molecule has 0 saturated heterocycles. The molecule has 0 radical (unpaired) electrons. The molecule has 22 heavy (non-hydrogen) atoms. The topological polar surface area (TPSA) is 71.3 Å². The van der Waals surface area contributed by atoms with E-state index in [0.29, 0.717) is 10.6 Å². The molecule has 6 heteroatoms. The zero-order valence-corrected chi connectivity index (χ0v) is 13.1. The van der Waals surface area contributed by atoms with Crippen molar-refractivity contribution in [1.29, 1.82) is 0 Å². The van der Waals surface area contributed by atoms with Gasteiger partial charge in [0.1, 0.15) is 0 Å². The Morgan fingerprint density at radius 1 is 1.23 bits per heavy atom. The predicted molar refractivity (Wildman–Crippen MR) is 84.8 cm³/mol. The van der Waals surface area contributed by atoms with Crippen molar-refractivity contribution in [2.24, 2.45) is 0 Å². The van der Waals surface area contributed by atoms with Gasteiger partial charge in [-0.05, 0) is 44.2 Å². The second-order valence-corrected chi connectivity index (χ2v) is 5.43. The van der Waals surface area contributed by atoms with Gasteiger partial charge in [0.25, 0.3) is 5.91 Å². The van der Waals surface area contributed by atoms with Gasteiger partial charge in [-0.2, -0.15) is 0 Å². The van der Waals surface area contributed by atoms with Crippen molar-refractivity contribution < 1.29 is 14.7 Å². The minimum Gasteiger partial charge on any atom is -0.481 e. The SMILES string of the molecule is Cc1cc(C(=O)NCCC(=O)O)c(C)n1-c1ccc(Cl)cc1. The molecule has 2 rings (SSSR count). The Labute approximate surface area is 133 Å². The number of benzene rings is 1. The molecule has 0 aliphatic rings. The summed E-state index contributed by atoms with van der Waals surface area (Å²) in [4.78, 5) is 22.6. The van der Waals surface area contributed by atoms with Crippen molar-refractivity contribution in [3.8, 4) is 5.69 Å². The Balaban J connectivity index is 2.25. The maximum absolute atomic E-state index is 12.2. The third-order valence-corrected chi connectivity index (χ3v) is 3.64. The molecule has 0 spiro atoms. The number of carbonyl (C=O) groups excluding carboxylic acids is 1. The normalized spacial score (nSPS) is 10.5. The van der Waals surface area contributed by atoms with Gasteiger partial charge in [-0.25, -0.2) is 0 Å². The van der Waals surface area contributed by atoms with Gasteiger partial charge < -0.3 is 15.0 Å². The minimum absolute atomic E-state index is 0.0956. The average Bonchev–Trinajstić information content (AvgIpc) is 2.75. The number of aliphatic carboxylic acids is 1. The largest absolute Gasteiger partial charge is 0.481 e. The highest BCUT2D eigenvalue weighted by atomic mass is 35.5. The van der Waals surface area contributed by atoms with Gasteiger partial charge in [-0.3, -0.25) is 9.59 Å². The van der Waals surface area contributed by atoms with Crippen LogP contribution < -0.4 is 5.32 Å². The monoisotopic (exact) mass is 320 g/mol. The summed E-state index contributed by atoms with van der Waals surface area (Å²) in [6.45, 7) is 3.88. The molecule has 0 unspecified atom stereocenters. The summed E-state index contributed by atoms with van der Waals surface area (Å²) < 4.78 is 1.96. The van der Waals surface area contributed by atoms with E-state index in [2.05, 4.69) is 5.32 Å². The van der Waals surface area contributed by atoms with Crippen LogP contribution in [-0.4, -0.2) is 28.1 Å². The van der Waals surface area contributed by atoms with E-state index in [1.54, 1.807) is 18.2 Å². The van der Waals surface area contributed by atoms with Crippen LogP contribution in [0, 0.1) is 13.8 Å². The zero-order valence-electron chi connectivity index (χ0n) is 12.4. The fourth-order valence-corrected chi connectivity index (χ4v) is 2.48. The van der Waals surface area contributed by atoms with Gasteiger partial charge >= 0.3 is 5.97 Å². The molecule has 1 amide bonds. The van der Waals surface area contributed by atoms with Crippen LogP contribution in [0.1, 0.15) is 28.2 Å². The molecular weight excluding hydrogens is 304 g/mol. The van der Waals surface area contributed by atoms with E-state index in [-0.39, 0.29) is 18.9 Å². The summed E-state index contributed by atoms with van der Waals surface area (Å²) in [5.74, 6) is -1.21. The Kier molecular flexibility index (Phi) is 4.88. The Hall–Kier alpha value is -2.27. The first kappa shape index (κ1) is 16.1. The first-order valence-corrected chi connectivity index (χ1v) is 7.23. The quantitative estimate of drug-likeness (QED) is 0.889. The van der Waals surface area contributed by atoms with E-state index in [9.17, 15) is 9.59 Å². The average molecular weight is 321 g/mol. The number of nitrogens with zero attached hydrogens (tertiary/aromatic N) is 1. The van der Waals surface area contributed by atoms with E-state index in [1.165, 1.54) is 0 Å². The number of hydrogen-bond donors (Lipinski definition) is 2. The molecule has 0 atom stereocenters. The summed E-state index contributed by atoms with van der Waals surface area (Å²) in [6, 6.07) is 9.15. The molecule has 116 valence electrons. The lowest BCUT2D eigenvalue weighted by molar-refractivity contribution is -0.136. The summed E-state index contributed by atoms with van der Waals surface area (Å²) in [5.41, 5.74) is 3.18. The van der Waals surface area contributed by atoms with Gasteiger partial charge in [0, 0.05) is 28.6 Å². The number of amides is 1. The van der Waals surface area contributed by atoms with Crippen molar-refractivity contribution in [2.45, 2.75) is 20.3 Å². The third-order valence-electron chi connectivity index (χ3n) is 3.39. The Morgan fingerprint density at radius 2 is 1.86 bits per heavy atom. The predicted octanol–water partition coefficient (Wildman–Crippen LogP) is 2.95. The van der Waals surface area contributed by atoms with Crippen LogP contribution in [0.2, 0.25) is 5.02 Å². The Bertz CT molecular complexity index is 705. The maximum atomic E-state index is 12.2. The zero-order chi connectivity index (χ0) is 16.3. The summed E-state index contributed by atoms with van der Waals surface area (Å²) in [6.07, 6.45) is -0.0956. The van der Waals surface area contributed by atoms with Crippen LogP contribution in [0.15, 0.2) is 30.3 Å². The number of carboxylic acid groups (broad SMARTS) is 1. The van der Waals surface area contributed by atoms with Gasteiger partial charge in [0.05, 0.1) is 12.0 Å². The molecule has 2 aromatic rings. The lowest BCUT2D eigenvalue weighted by Gasteiger charge is -2.10. The van der Waals surface area contributed by atoms with Crippen LogP contribution >= 0.6 is 11.6 Å². The summed E-state index contributed by atoms with van der Waals surface area (Å²) in [5, 5.41) is 11.9. The van der Waals surface area contributed by atoms with Crippen molar-refractivity contribution in [2.75, 3.05) is 6.54 Å². The number of aromatic nitrogens is 1. The highest BCUT2D eigenvalue weighted by Crippen LogP contribution is 2.22. The third kappa shape index (κ3) is 3.49. The summed E-state index contributed by atoms with van der Waals surface area (Å²) >= 11 is 5.90. The van der Waals surface area contributed by atoms with Gasteiger partial charge in [-0.15, -0.1) is 0 Å². The Morgan fingerprint density at radius 3 is 2.45 bits per heavy atom. The molecule has 5 nitrogen and oxygen atoms in total. The molecule has 1 heterocycles. The van der Waals surface area contributed by atoms with Crippen molar-refractivity contribution in [1.82, 2.24) is 9.88 Å². The number of aryl methyl sites for hydroxylation is 1. The number of carbonyl (C=O) groups is 2. The van der Waals surface area contributed by atoms with E-state index < -0.39 is 5.97 Å². The molecule has 2 N–H and O–H groups in total. The van der Waals surface area contributed by atoms with Crippen molar-refractivity contribution in [3.05, 3.63) is 52.3 Å². The fourth-order valence-electron chi connectivity index (χ4n) is 2.36. The molecule has 0 saturated carbocycles. The smallest absolute Gasteiger partial charge is 0.305 e. The van der Waals surface area contributed by atoms with Crippen molar-refractivity contribution in [3.63, 3.8) is 0 Å². The second-order valence-electron chi connectivity index (χ2n) is 5.00.